The molecule has 0 fully saturated rings. The Morgan fingerprint density at radius 3 is 2.48 bits per heavy atom. The van der Waals surface area contributed by atoms with E-state index in [1.165, 1.54) is 0 Å². The number of amides is 1. The van der Waals surface area contributed by atoms with Crippen LogP contribution < -0.4 is 5.32 Å². The summed E-state index contributed by atoms with van der Waals surface area (Å²) in [6.45, 7) is 4.19. The van der Waals surface area contributed by atoms with Crippen LogP contribution in [-0.4, -0.2) is 20.7 Å². The normalized spacial score (nSPS) is 10.7. The van der Waals surface area contributed by atoms with Crippen molar-refractivity contribution in [2.45, 2.75) is 20.4 Å². The van der Waals surface area contributed by atoms with E-state index in [4.69, 9.17) is 23.2 Å². The lowest BCUT2D eigenvalue weighted by Gasteiger charge is -2.09. The highest BCUT2D eigenvalue weighted by Gasteiger charge is 2.15. The van der Waals surface area contributed by atoms with Crippen LogP contribution in [0.15, 0.2) is 42.5 Å². The van der Waals surface area contributed by atoms with Crippen molar-refractivity contribution in [3.63, 3.8) is 0 Å². The van der Waals surface area contributed by atoms with Gasteiger partial charge in [0.25, 0.3) is 5.91 Å². The van der Waals surface area contributed by atoms with E-state index in [1.807, 2.05) is 32.0 Å². The minimum atomic E-state index is -0.344. The molecule has 1 N–H and O–H groups in total. The first kappa shape index (κ1) is 17.5. The average Bonchev–Trinajstić information content (AvgIpc) is 2.93. The average molecular weight is 375 g/mol. The zero-order valence-corrected chi connectivity index (χ0v) is 15.3. The van der Waals surface area contributed by atoms with Crippen LogP contribution in [0.1, 0.15) is 27.4 Å². The summed E-state index contributed by atoms with van der Waals surface area (Å²) >= 11 is 12.0. The second-order valence-electron chi connectivity index (χ2n) is 5.65. The Hall–Kier alpha value is -2.37. The summed E-state index contributed by atoms with van der Waals surface area (Å²) in [5.74, 6) is 0.204. The molecule has 1 amide bonds. The summed E-state index contributed by atoms with van der Waals surface area (Å²) < 4.78 is 1.68. The second kappa shape index (κ2) is 7.25. The fourth-order valence-electron chi connectivity index (χ4n) is 2.44. The SMILES string of the molecule is Cc1cc(C)n(-c2ccc(Cl)c(C(=O)NCc3ccc(Cl)cc3)n2)n1. The minimum Gasteiger partial charge on any atom is -0.347 e. The van der Waals surface area contributed by atoms with Crippen LogP contribution in [-0.2, 0) is 6.54 Å². The first-order valence-corrected chi connectivity index (χ1v) is 8.42. The van der Waals surface area contributed by atoms with Gasteiger partial charge in [0.15, 0.2) is 5.82 Å². The van der Waals surface area contributed by atoms with Gasteiger partial charge in [-0.25, -0.2) is 9.67 Å². The number of hydrogen-bond donors (Lipinski definition) is 1. The topological polar surface area (TPSA) is 59.8 Å². The van der Waals surface area contributed by atoms with Crippen LogP contribution in [0.4, 0.5) is 0 Å². The van der Waals surface area contributed by atoms with Gasteiger partial charge in [-0.1, -0.05) is 35.3 Å². The number of aromatic nitrogens is 3. The summed E-state index contributed by atoms with van der Waals surface area (Å²) in [6.07, 6.45) is 0. The Labute approximate surface area is 155 Å². The first-order valence-electron chi connectivity index (χ1n) is 7.67. The number of benzene rings is 1. The third-order valence-corrected chi connectivity index (χ3v) is 4.20. The molecular weight excluding hydrogens is 359 g/mol. The molecule has 3 rings (SSSR count). The van der Waals surface area contributed by atoms with Crippen molar-refractivity contribution in [2.24, 2.45) is 0 Å². The standard InChI is InChI=1S/C18H16Cl2N4O/c1-11-9-12(2)24(23-11)16-8-7-15(20)17(22-16)18(25)21-10-13-3-5-14(19)6-4-13/h3-9H,10H2,1-2H3,(H,21,25). The Bertz CT molecular complexity index is 919. The maximum absolute atomic E-state index is 12.5. The van der Waals surface area contributed by atoms with Gasteiger partial charge in [0, 0.05) is 17.3 Å². The van der Waals surface area contributed by atoms with Crippen LogP contribution in [0.5, 0.6) is 0 Å². The molecule has 0 bridgehead atoms. The molecule has 0 spiro atoms. The molecule has 0 radical (unpaired) electrons. The molecule has 0 aliphatic rings. The molecule has 0 saturated heterocycles. The maximum Gasteiger partial charge on any atom is 0.271 e. The molecule has 0 atom stereocenters. The van der Waals surface area contributed by atoms with Gasteiger partial charge in [-0.3, -0.25) is 4.79 Å². The molecule has 0 unspecified atom stereocenters. The quantitative estimate of drug-likeness (QED) is 0.746. The fourth-order valence-corrected chi connectivity index (χ4v) is 2.76. The van der Waals surface area contributed by atoms with Crippen molar-refractivity contribution in [2.75, 3.05) is 0 Å². The largest absolute Gasteiger partial charge is 0.347 e. The van der Waals surface area contributed by atoms with Crippen molar-refractivity contribution < 1.29 is 4.79 Å². The van der Waals surface area contributed by atoms with E-state index in [0.717, 1.165) is 17.0 Å². The lowest BCUT2D eigenvalue weighted by atomic mass is 10.2. The van der Waals surface area contributed by atoms with E-state index < -0.39 is 0 Å². The molecule has 3 aromatic rings. The maximum atomic E-state index is 12.5. The van der Waals surface area contributed by atoms with Gasteiger partial charge in [0.1, 0.15) is 5.69 Å². The van der Waals surface area contributed by atoms with Crippen molar-refractivity contribution in [3.8, 4) is 5.82 Å². The van der Waals surface area contributed by atoms with Gasteiger partial charge < -0.3 is 5.32 Å². The van der Waals surface area contributed by atoms with Gasteiger partial charge in [0.2, 0.25) is 0 Å². The van der Waals surface area contributed by atoms with Crippen molar-refractivity contribution in [1.82, 2.24) is 20.1 Å². The van der Waals surface area contributed by atoms with Gasteiger partial charge in [0.05, 0.1) is 10.7 Å². The van der Waals surface area contributed by atoms with Crippen LogP contribution >= 0.6 is 23.2 Å². The molecular formula is C18H16Cl2N4O. The van der Waals surface area contributed by atoms with Gasteiger partial charge in [-0.05, 0) is 49.7 Å². The molecule has 2 heterocycles. The number of halogens is 2. The van der Waals surface area contributed by atoms with Crippen LogP contribution in [0, 0.1) is 13.8 Å². The van der Waals surface area contributed by atoms with Gasteiger partial charge >= 0.3 is 0 Å². The number of carbonyl (C=O) groups is 1. The van der Waals surface area contributed by atoms with E-state index in [9.17, 15) is 4.79 Å². The van der Waals surface area contributed by atoms with Crippen LogP contribution in [0.2, 0.25) is 10.0 Å². The molecule has 0 aliphatic carbocycles. The summed E-state index contributed by atoms with van der Waals surface area (Å²) in [5.41, 5.74) is 2.91. The number of nitrogens with one attached hydrogen (secondary N) is 1. The van der Waals surface area contributed by atoms with Crippen molar-refractivity contribution in [3.05, 3.63) is 75.2 Å². The molecule has 1 aromatic carbocycles. The Balaban J connectivity index is 1.81. The monoisotopic (exact) mass is 374 g/mol. The van der Waals surface area contributed by atoms with E-state index in [1.54, 1.807) is 28.9 Å². The summed E-state index contributed by atoms with van der Waals surface area (Å²) in [7, 11) is 0. The highest BCUT2D eigenvalue weighted by atomic mass is 35.5. The smallest absolute Gasteiger partial charge is 0.271 e. The minimum absolute atomic E-state index is 0.167. The van der Waals surface area contributed by atoms with E-state index in [-0.39, 0.29) is 11.6 Å². The van der Waals surface area contributed by atoms with E-state index in [2.05, 4.69) is 15.4 Å². The predicted octanol–water partition coefficient (Wildman–Crippen LogP) is 4.12. The molecule has 128 valence electrons. The molecule has 2 aromatic heterocycles. The molecule has 5 nitrogen and oxygen atoms in total. The van der Waals surface area contributed by atoms with Crippen LogP contribution in [0.25, 0.3) is 5.82 Å². The number of aryl methyl sites for hydroxylation is 2. The number of nitrogens with zero attached hydrogens (tertiary/aromatic N) is 3. The molecule has 0 saturated carbocycles. The van der Waals surface area contributed by atoms with Crippen LogP contribution in [0.3, 0.4) is 0 Å². The second-order valence-corrected chi connectivity index (χ2v) is 6.49. The highest BCUT2D eigenvalue weighted by Crippen LogP contribution is 2.18. The summed E-state index contributed by atoms with van der Waals surface area (Å²) in [6, 6.07) is 12.6. The number of pyridine rings is 1. The third kappa shape index (κ3) is 4.00. The number of rotatable bonds is 4. The van der Waals surface area contributed by atoms with E-state index in [0.29, 0.717) is 22.4 Å². The lowest BCUT2D eigenvalue weighted by molar-refractivity contribution is 0.0946. The van der Waals surface area contributed by atoms with Crippen molar-refractivity contribution in [1.29, 1.82) is 0 Å². The van der Waals surface area contributed by atoms with Gasteiger partial charge in [-0.15, -0.1) is 0 Å². The highest BCUT2D eigenvalue weighted by molar-refractivity contribution is 6.33. The Kier molecular flexibility index (Phi) is 5.06. The molecule has 25 heavy (non-hydrogen) atoms. The third-order valence-electron chi connectivity index (χ3n) is 3.64. The van der Waals surface area contributed by atoms with Crippen molar-refractivity contribution >= 4 is 29.1 Å². The zero-order chi connectivity index (χ0) is 18.0. The molecule has 7 heteroatoms. The number of hydrogen-bond acceptors (Lipinski definition) is 3. The lowest BCUT2D eigenvalue weighted by Crippen LogP contribution is -2.24. The predicted molar refractivity (Wildman–Crippen MR) is 98.5 cm³/mol. The number of carbonyl (C=O) groups excluding carboxylic acids is 1. The Morgan fingerprint density at radius 2 is 1.84 bits per heavy atom. The molecule has 0 aliphatic heterocycles. The van der Waals surface area contributed by atoms with Gasteiger partial charge in [-0.2, -0.15) is 5.10 Å². The Morgan fingerprint density at radius 1 is 1.12 bits per heavy atom. The summed E-state index contributed by atoms with van der Waals surface area (Å²) in [4.78, 5) is 16.8. The fraction of sp³-hybridized carbons (Fsp3) is 0.167. The summed E-state index contributed by atoms with van der Waals surface area (Å²) in [5, 5.41) is 8.14. The zero-order valence-electron chi connectivity index (χ0n) is 13.8. The van der Waals surface area contributed by atoms with E-state index >= 15 is 0 Å². The first-order chi connectivity index (χ1) is 11.9.